The van der Waals surface area contributed by atoms with Gasteiger partial charge in [0.05, 0.1) is 6.10 Å². The van der Waals surface area contributed by atoms with E-state index in [2.05, 4.69) is 4.90 Å². The fourth-order valence-electron chi connectivity index (χ4n) is 7.26. The summed E-state index contributed by atoms with van der Waals surface area (Å²) < 4.78 is 19.9. The number of amides is 2. The third-order valence-electron chi connectivity index (χ3n) is 9.27. The molecule has 5 fully saturated rings. The number of anilines is 1. The van der Waals surface area contributed by atoms with Crippen LogP contribution in [-0.4, -0.2) is 66.2 Å². The standard InChI is InChI=1S/C28H38FN3O3/c1-18(2)35-27(34)31-16-19-3-7-22(31)15-23(13-19)30-11-9-28(10-12-30)17-32(26(33)20-4-5-20)25-8-6-21(29)14-24(25)28/h6,8,14,18-20,22-23H,3-5,7,9-13,15-17H2,1-2H3. The van der Waals surface area contributed by atoms with Gasteiger partial charge in [0.2, 0.25) is 5.91 Å². The van der Waals surface area contributed by atoms with E-state index in [1.165, 1.54) is 12.5 Å². The third-order valence-corrected chi connectivity index (χ3v) is 9.27. The summed E-state index contributed by atoms with van der Waals surface area (Å²) in [7, 11) is 0. The molecule has 6 nitrogen and oxygen atoms in total. The first kappa shape index (κ1) is 23.3. The van der Waals surface area contributed by atoms with E-state index in [-0.39, 0.29) is 41.3 Å². The number of hydrogen-bond donors (Lipinski definition) is 0. The number of halogens is 1. The van der Waals surface area contributed by atoms with E-state index in [9.17, 15) is 14.0 Å². The van der Waals surface area contributed by atoms with Crippen LogP contribution in [0, 0.1) is 17.7 Å². The Balaban J connectivity index is 1.16. The second-order valence-corrected chi connectivity index (χ2v) is 12.0. The molecular formula is C28H38FN3O3. The molecule has 3 atom stereocenters. The highest BCUT2D eigenvalue weighted by atomic mass is 19.1. The third kappa shape index (κ3) is 4.24. The van der Waals surface area contributed by atoms with Crippen molar-refractivity contribution in [3.63, 3.8) is 0 Å². The summed E-state index contributed by atoms with van der Waals surface area (Å²) in [6, 6.07) is 5.74. The molecule has 35 heavy (non-hydrogen) atoms. The van der Waals surface area contributed by atoms with E-state index >= 15 is 0 Å². The van der Waals surface area contributed by atoms with Crippen molar-refractivity contribution in [1.82, 2.24) is 9.80 Å². The molecule has 3 saturated heterocycles. The summed E-state index contributed by atoms with van der Waals surface area (Å²) in [4.78, 5) is 32.3. The van der Waals surface area contributed by atoms with Gasteiger partial charge >= 0.3 is 6.09 Å². The van der Waals surface area contributed by atoms with Gasteiger partial charge in [-0.15, -0.1) is 0 Å². The zero-order valence-electron chi connectivity index (χ0n) is 21.0. The summed E-state index contributed by atoms with van der Waals surface area (Å²) in [5, 5.41) is 0. The quantitative estimate of drug-likeness (QED) is 0.625. The van der Waals surface area contributed by atoms with Gasteiger partial charge in [-0.1, -0.05) is 0 Å². The molecule has 190 valence electrons. The van der Waals surface area contributed by atoms with Crippen LogP contribution in [0.1, 0.15) is 70.8 Å². The topological polar surface area (TPSA) is 53.1 Å². The monoisotopic (exact) mass is 483 g/mol. The highest BCUT2D eigenvalue weighted by Crippen LogP contribution is 2.49. The lowest BCUT2D eigenvalue weighted by Gasteiger charge is -2.43. The lowest BCUT2D eigenvalue weighted by molar-refractivity contribution is -0.119. The maximum absolute atomic E-state index is 14.3. The lowest BCUT2D eigenvalue weighted by atomic mass is 9.74. The predicted molar refractivity (Wildman–Crippen MR) is 132 cm³/mol. The van der Waals surface area contributed by atoms with Crippen molar-refractivity contribution in [2.45, 2.75) is 88.8 Å². The van der Waals surface area contributed by atoms with Crippen LogP contribution in [-0.2, 0) is 14.9 Å². The van der Waals surface area contributed by atoms with Gasteiger partial charge in [0, 0.05) is 42.2 Å². The molecule has 3 unspecified atom stereocenters. The average molecular weight is 484 g/mol. The van der Waals surface area contributed by atoms with Crippen molar-refractivity contribution in [2.24, 2.45) is 11.8 Å². The molecule has 4 heterocycles. The molecule has 2 saturated carbocycles. The predicted octanol–water partition coefficient (Wildman–Crippen LogP) is 4.70. The number of likely N-dealkylation sites (tertiary alicyclic amines) is 1. The molecule has 2 amide bonds. The van der Waals surface area contributed by atoms with E-state index in [4.69, 9.17) is 4.74 Å². The summed E-state index contributed by atoms with van der Waals surface area (Å²) >= 11 is 0. The number of hydrogen-bond acceptors (Lipinski definition) is 4. The average Bonchev–Trinajstić information content (AvgIpc) is 3.67. The summed E-state index contributed by atoms with van der Waals surface area (Å²) in [5.74, 6) is 0.711. The Labute approximate surface area is 207 Å². The zero-order valence-corrected chi connectivity index (χ0v) is 21.0. The summed E-state index contributed by atoms with van der Waals surface area (Å²) in [6.45, 7) is 7.25. The molecule has 2 bridgehead atoms. The van der Waals surface area contributed by atoms with E-state index < -0.39 is 0 Å². The first-order valence-corrected chi connectivity index (χ1v) is 13.7. The maximum atomic E-state index is 14.3. The van der Waals surface area contributed by atoms with E-state index in [1.807, 2.05) is 29.7 Å². The number of fused-ring (bicyclic) bond motifs is 6. The molecule has 7 rings (SSSR count). The lowest BCUT2D eigenvalue weighted by Crippen LogP contribution is -2.50. The zero-order chi connectivity index (χ0) is 24.3. The highest BCUT2D eigenvalue weighted by Gasteiger charge is 2.50. The Morgan fingerprint density at radius 3 is 2.54 bits per heavy atom. The van der Waals surface area contributed by atoms with Crippen molar-refractivity contribution in [2.75, 3.05) is 31.1 Å². The second kappa shape index (κ2) is 8.75. The minimum absolute atomic E-state index is 0.0937. The normalized spacial score (nSPS) is 30.0. The summed E-state index contributed by atoms with van der Waals surface area (Å²) in [6.07, 6.45) is 8.01. The molecule has 1 spiro atoms. The SMILES string of the molecule is CC(C)OC(=O)N1CC2CCC1CC(N1CCC3(CC1)CN(C(=O)C1CC1)c1ccc(F)cc13)C2. The molecule has 7 heteroatoms. The van der Waals surface area contributed by atoms with Gasteiger partial charge in [0.1, 0.15) is 5.82 Å². The molecule has 0 aromatic heterocycles. The number of carbonyl (C=O) groups excluding carboxylic acids is 2. The molecule has 0 N–H and O–H groups in total. The number of ether oxygens (including phenoxy) is 1. The van der Waals surface area contributed by atoms with E-state index in [0.29, 0.717) is 18.5 Å². The molecule has 0 radical (unpaired) electrons. The Hall–Kier alpha value is -2.15. The first-order valence-electron chi connectivity index (χ1n) is 13.7. The van der Waals surface area contributed by atoms with Crippen LogP contribution in [0.2, 0.25) is 0 Å². The largest absolute Gasteiger partial charge is 0.447 e. The van der Waals surface area contributed by atoms with Crippen LogP contribution < -0.4 is 4.90 Å². The minimum atomic E-state index is -0.208. The van der Waals surface area contributed by atoms with Crippen molar-refractivity contribution >= 4 is 17.7 Å². The summed E-state index contributed by atoms with van der Waals surface area (Å²) in [5.41, 5.74) is 1.83. The van der Waals surface area contributed by atoms with Crippen LogP contribution in [0.3, 0.4) is 0 Å². The van der Waals surface area contributed by atoms with Crippen LogP contribution in [0.25, 0.3) is 0 Å². The molecule has 6 aliphatic rings. The van der Waals surface area contributed by atoms with Crippen molar-refractivity contribution in [1.29, 1.82) is 0 Å². The van der Waals surface area contributed by atoms with E-state index in [1.54, 1.807) is 6.07 Å². The van der Waals surface area contributed by atoms with Gasteiger partial charge in [-0.25, -0.2) is 9.18 Å². The number of rotatable bonds is 3. The van der Waals surface area contributed by atoms with Gasteiger partial charge in [-0.05, 0) is 108 Å². The van der Waals surface area contributed by atoms with Gasteiger partial charge in [0.25, 0.3) is 0 Å². The fourth-order valence-corrected chi connectivity index (χ4v) is 7.26. The van der Waals surface area contributed by atoms with Gasteiger partial charge in [-0.2, -0.15) is 0 Å². The molecular weight excluding hydrogens is 445 g/mol. The van der Waals surface area contributed by atoms with Crippen molar-refractivity contribution in [3.05, 3.63) is 29.6 Å². The molecule has 1 aromatic rings. The Kier molecular flexibility index (Phi) is 5.82. The maximum Gasteiger partial charge on any atom is 0.410 e. The smallest absolute Gasteiger partial charge is 0.410 e. The van der Waals surface area contributed by atoms with Crippen LogP contribution in [0.4, 0.5) is 14.9 Å². The van der Waals surface area contributed by atoms with Crippen LogP contribution >= 0.6 is 0 Å². The number of nitrogens with zero attached hydrogens (tertiary/aromatic N) is 3. The fraction of sp³-hybridized carbons (Fsp3) is 0.714. The Morgan fingerprint density at radius 2 is 1.83 bits per heavy atom. The van der Waals surface area contributed by atoms with Crippen LogP contribution in [0.5, 0.6) is 0 Å². The number of piperidine rings is 2. The van der Waals surface area contributed by atoms with Crippen LogP contribution in [0.15, 0.2) is 18.2 Å². The van der Waals surface area contributed by atoms with Gasteiger partial charge < -0.3 is 19.4 Å². The van der Waals surface area contributed by atoms with Crippen molar-refractivity contribution in [3.8, 4) is 0 Å². The number of benzene rings is 1. The van der Waals surface area contributed by atoms with E-state index in [0.717, 1.165) is 75.8 Å². The Bertz CT molecular complexity index is 1000. The highest BCUT2D eigenvalue weighted by molar-refractivity contribution is 5.99. The first-order chi connectivity index (χ1) is 16.8. The van der Waals surface area contributed by atoms with Gasteiger partial charge in [-0.3, -0.25) is 4.79 Å². The van der Waals surface area contributed by atoms with Gasteiger partial charge in [0.15, 0.2) is 0 Å². The van der Waals surface area contributed by atoms with Crippen molar-refractivity contribution < 1.29 is 18.7 Å². The number of carbonyl (C=O) groups is 2. The second-order valence-electron chi connectivity index (χ2n) is 12.0. The Morgan fingerprint density at radius 1 is 1.06 bits per heavy atom. The molecule has 2 aliphatic carbocycles. The molecule has 4 aliphatic heterocycles. The molecule has 1 aromatic carbocycles. The minimum Gasteiger partial charge on any atom is -0.447 e.